The first-order valence-electron chi connectivity index (χ1n) is 10.8. The Kier molecular flexibility index (Phi) is 9.04. The number of ether oxygens (including phenoxy) is 1. The van der Waals surface area contributed by atoms with Crippen molar-refractivity contribution >= 4 is 63.8 Å². The molecular weight excluding hydrogens is 576 g/mol. The molecule has 3 aromatic rings. The first-order chi connectivity index (χ1) is 18.1. The summed E-state index contributed by atoms with van der Waals surface area (Å²) >= 11 is 0. The van der Waals surface area contributed by atoms with Crippen LogP contribution in [0.15, 0.2) is 68.6 Å². The smallest absolute Gasteiger partial charge is 0.299 e. The Hall–Kier alpha value is -3.48. The van der Waals surface area contributed by atoms with Gasteiger partial charge in [0.05, 0.1) is 36.5 Å². The number of nitrogens with two attached hydrogens (primary N) is 2. The maximum absolute atomic E-state index is 12.8. The first kappa shape index (κ1) is 30.1. The number of benzene rings is 3. The van der Waals surface area contributed by atoms with Gasteiger partial charge >= 0.3 is 0 Å². The number of nitrogens with zero attached hydrogens (tertiary/aromatic N) is 2. The summed E-state index contributed by atoms with van der Waals surface area (Å²) in [6.45, 7) is -0.511. The van der Waals surface area contributed by atoms with E-state index < -0.39 is 59.2 Å². The van der Waals surface area contributed by atoms with Gasteiger partial charge in [0.2, 0.25) is 5.91 Å². The summed E-state index contributed by atoms with van der Waals surface area (Å²) in [6.07, 6.45) is -0.182. The number of hydrogen-bond donors (Lipinski definition) is 3. The molecule has 0 spiro atoms. The fraction of sp³-hybridized carbons (Fsp3) is 0.227. The van der Waals surface area contributed by atoms with Crippen molar-refractivity contribution in [1.29, 1.82) is 0 Å². The number of anilines is 1. The highest BCUT2D eigenvalue weighted by Gasteiger charge is 2.24. The summed E-state index contributed by atoms with van der Waals surface area (Å²) in [5, 5.41) is 8.39. The Bertz CT molecular complexity index is 1770. The number of carbonyl (C=O) groups is 1. The molecule has 5 N–H and O–H groups in total. The van der Waals surface area contributed by atoms with Crippen molar-refractivity contribution in [2.45, 2.75) is 16.2 Å². The SMILES string of the molecule is COS(=O)(=O)c1c(N=Nc2c(N)cccc2CC(N)=O)ccc2cc(S(=O)(=O)CCOCS(=O)(=O)O)ccc12. The molecule has 14 nitrogen and oxygen atoms in total. The number of azo groups is 1. The molecule has 210 valence electrons. The van der Waals surface area contributed by atoms with Crippen molar-refractivity contribution in [3.63, 3.8) is 0 Å². The highest BCUT2D eigenvalue weighted by molar-refractivity contribution is 7.91. The molecule has 0 aliphatic heterocycles. The minimum atomic E-state index is -4.42. The number of hydrogen-bond acceptors (Lipinski definition) is 12. The zero-order valence-corrected chi connectivity index (χ0v) is 22.8. The van der Waals surface area contributed by atoms with Crippen LogP contribution >= 0.6 is 0 Å². The van der Waals surface area contributed by atoms with Crippen molar-refractivity contribution in [2.24, 2.45) is 16.0 Å². The fourth-order valence-corrected chi connectivity index (χ4v) is 5.97. The van der Waals surface area contributed by atoms with Crippen molar-refractivity contribution in [3.8, 4) is 0 Å². The molecule has 0 heterocycles. The van der Waals surface area contributed by atoms with Crippen LogP contribution in [0.5, 0.6) is 0 Å². The molecule has 17 heteroatoms. The molecule has 0 atom stereocenters. The molecule has 0 unspecified atom stereocenters. The van der Waals surface area contributed by atoms with Crippen LogP contribution in [0, 0.1) is 0 Å². The van der Waals surface area contributed by atoms with Gasteiger partial charge in [-0.15, -0.1) is 10.2 Å². The van der Waals surface area contributed by atoms with E-state index in [9.17, 15) is 30.0 Å². The number of primary amides is 1. The van der Waals surface area contributed by atoms with Crippen LogP contribution in [0.4, 0.5) is 17.1 Å². The van der Waals surface area contributed by atoms with E-state index in [2.05, 4.69) is 15.0 Å². The average Bonchev–Trinajstić information content (AvgIpc) is 2.84. The number of sulfone groups is 1. The summed E-state index contributed by atoms with van der Waals surface area (Å²) in [6, 6.07) is 11.0. The minimum absolute atomic E-state index is 0.0771. The van der Waals surface area contributed by atoms with Gasteiger partial charge in [0.15, 0.2) is 15.8 Å². The predicted molar refractivity (Wildman–Crippen MR) is 140 cm³/mol. The number of nitrogen functional groups attached to an aromatic ring is 1. The van der Waals surface area contributed by atoms with E-state index >= 15 is 0 Å². The van der Waals surface area contributed by atoms with Gasteiger partial charge in [0.25, 0.3) is 20.2 Å². The van der Waals surface area contributed by atoms with Gasteiger partial charge in [-0.1, -0.05) is 24.3 Å². The normalized spacial score (nSPS) is 12.8. The summed E-state index contributed by atoms with van der Waals surface area (Å²) < 4.78 is 90.6. The van der Waals surface area contributed by atoms with Gasteiger partial charge in [0.1, 0.15) is 16.3 Å². The number of amides is 1. The monoisotopic (exact) mass is 600 g/mol. The van der Waals surface area contributed by atoms with Crippen LogP contribution in [-0.2, 0) is 50.2 Å². The molecule has 0 aliphatic carbocycles. The second-order valence-electron chi connectivity index (χ2n) is 8.04. The second kappa shape index (κ2) is 11.7. The molecule has 1 amide bonds. The average molecular weight is 601 g/mol. The lowest BCUT2D eigenvalue weighted by Gasteiger charge is -2.11. The largest absolute Gasteiger partial charge is 0.397 e. The van der Waals surface area contributed by atoms with Gasteiger partial charge < -0.3 is 16.2 Å². The maximum Gasteiger partial charge on any atom is 0.299 e. The minimum Gasteiger partial charge on any atom is -0.397 e. The molecule has 0 aliphatic rings. The molecule has 0 aromatic heterocycles. The third kappa shape index (κ3) is 7.55. The standard InChI is InChI=1S/C22H24N4O10S3/c1-35-39(33,34)22-17-7-6-16(37(28,29)10-9-36-13-38(30,31)32)11-14(17)5-8-19(22)25-26-21-15(12-20(24)27)3-2-4-18(21)23/h2-8,11H,9-10,12-13,23H2,1H3,(H2,24,27)(H,30,31,32). The van der Waals surface area contributed by atoms with Gasteiger partial charge in [-0.05, 0) is 35.2 Å². The lowest BCUT2D eigenvalue weighted by Crippen LogP contribution is -2.16. The molecular formula is C22H24N4O10S3. The van der Waals surface area contributed by atoms with E-state index in [0.29, 0.717) is 5.56 Å². The molecule has 0 bridgehead atoms. The second-order valence-corrected chi connectivity index (χ2v) is 13.2. The van der Waals surface area contributed by atoms with Gasteiger partial charge in [0, 0.05) is 5.39 Å². The maximum atomic E-state index is 12.8. The van der Waals surface area contributed by atoms with E-state index in [4.69, 9.17) is 20.2 Å². The van der Waals surface area contributed by atoms with E-state index in [-0.39, 0.29) is 39.2 Å². The van der Waals surface area contributed by atoms with E-state index in [1.807, 2.05) is 0 Å². The van der Waals surface area contributed by atoms with Crippen molar-refractivity contribution in [1.82, 2.24) is 0 Å². The highest BCUT2D eigenvalue weighted by atomic mass is 32.2. The Morgan fingerprint density at radius 2 is 1.72 bits per heavy atom. The molecule has 3 rings (SSSR count). The third-order valence-electron chi connectivity index (χ3n) is 5.25. The fourth-order valence-electron chi connectivity index (χ4n) is 3.50. The summed E-state index contributed by atoms with van der Waals surface area (Å²) in [5.74, 6) is -2.30. The van der Waals surface area contributed by atoms with Crippen LogP contribution in [0.3, 0.4) is 0 Å². The molecule has 0 saturated heterocycles. The third-order valence-corrected chi connectivity index (χ3v) is 8.76. The summed E-state index contributed by atoms with van der Waals surface area (Å²) in [5.41, 5.74) is 11.8. The van der Waals surface area contributed by atoms with Gasteiger partial charge in [-0.3, -0.25) is 13.5 Å². The van der Waals surface area contributed by atoms with Crippen LogP contribution < -0.4 is 11.5 Å². The molecule has 0 saturated carbocycles. The van der Waals surface area contributed by atoms with Crippen molar-refractivity contribution in [3.05, 3.63) is 54.1 Å². The Morgan fingerprint density at radius 1 is 1.00 bits per heavy atom. The van der Waals surface area contributed by atoms with Crippen molar-refractivity contribution < 1.29 is 43.5 Å². The topological polar surface area (TPSA) is 235 Å². The Balaban J connectivity index is 2.06. The van der Waals surface area contributed by atoms with Gasteiger partial charge in [-0.25, -0.2) is 8.42 Å². The Labute approximate surface area is 224 Å². The first-order valence-corrected chi connectivity index (χ1v) is 15.5. The van der Waals surface area contributed by atoms with Gasteiger partial charge in [-0.2, -0.15) is 16.8 Å². The zero-order chi connectivity index (χ0) is 29.0. The molecule has 3 aromatic carbocycles. The van der Waals surface area contributed by atoms with Crippen LogP contribution in [0.2, 0.25) is 0 Å². The quantitative estimate of drug-likeness (QED) is 0.0891. The Morgan fingerprint density at radius 3 is 2.36 bits per heavy atom. The predicted octanol–water partition coefficient (Wildman–Crippen LogP) is 1.84. The lowest BCUT2D eigenvalue weighted by atomic mass is 10.1. The van der Waals surface area contributed by atoms with E-state index in [0.717, 1.165) is 13.2 Å². The molecule has 0 fully saturated rings. The summed E-state index contributed by atoms with van der Waals surface area (Å²) in [7, 11) is -11.8. The van der Waals surface area contributed by atoms with E-state index in [1.165, 1.54) is 30.3 Å². The van der Waals surface area contributed by atoms with E-state index in [1.54, 1.807) is 12.1 Å². The number of carbonyl (C=O) groups excluding carboxylic acids is 1. The van der Waals surface area contributed by atoms with Crippen molar-refractivity contribution in [2.75, 3.05) is 31.1 Å². The molecule has 0 radical (unpaired) electrons. The lowest BCUT2D eigenvalue weighted by molar-refractivity contribution is -0.117. The van der Waals surface area contributed by atoms with Crippen LogP contribution in [0.1, 0.15) is 5.56 Å². The highest BCUT2D eigenvalue weighted by Crippen LogP contribution is 2.37. The number of fused-ring (bicyclic) bond motifs is 1. The van der Waals surface area contributed by atoms with Crippen LogP contribution in [-0.4, -0.2) is 61.1 Å². The van der Waals surface area contributed by atoms with Crippen LogP contribution in [0.25, 0.3) is 10.8 Å². The zero-order valence-electron chi connectivity index (χ0n) is 20.3. The summed E-state index contributed by atoms with van der Waals surface area (Å²) in [4.78, 5) is 10.8. The molecule has 39 heavy (non-hydrogen) atoms. The number of rotatable bonds is 12.